The molecule has 0 aliphatic heterocycles. The number of hydrogen-bond donors (Lipinski definition) is 1. The van der Waals surface area contributed by atoms with E-state index in [1.165, 1.54) is 167 Å². The van der Waals surface area contributed by atoms with Crippen molar-refractivity contribution in [1.82, 2.24) is 0 Å². The number of quaternary nitrogens is 1. The van der Waals surface area contributed by atoms with Crippen LogP contribution in [0.2, 0.25) is 0 Å². The Labute approximate surface area is 335 Å². The van der Waals surface area contributed by atoms with Gasteiger partial charge in [0.1, 0.15) is 19.8 Å². The summed E-state index contributed by atoms with van der Waals surface area (Å²) in [5, 5.41) is 0. The number of unbranched alkanes of at least 4 members (excludes halogenated alkanes) is 29. The summed E-state index contributed by atoms with van der Waals surface area (Å²) < 4.78 is 34.8. The first-order valence-electron chi connectivity index (χ1n) is 23.0. The summed E-state index contributed by atoms with van der Waals surface area (Å²) in [6.07, 6.45) is 43.4. The average Bonchev–Trinajstić information content (AvgIpc) is 3.12. The lowest BCUT2D eigenvalue weighted by Gasteiger charge is -2.24. The van der Waals surface area contributed by atoms with E-state index in [4.69, 9.17) is 18.5 Å². The maximum absolute atomic E-state index is 12.7. The summed E-state index contributed by atoms with van der Waals surface area (Å²) in [4.78, 5) is 22.9. The number of nitrogens with zero attached hydrogens (tertiary/aromatic N) is 1. The van der Waals surface area contributed by atoms with Crippen LogP contribution in [0.1, 0.15) is 219 Å². The topological polar surface area (TPSA) is 91.3 Å². The summed E-state index contributed by atoms with van der Waals surface area (Å²) in [5.41, 5.74) is 0. The molecule has 1 unspecified atom stereocenters. The summed E-state index contributed by atoms with van der Waals surface area (Å²) in [6.45, 7) is 4.97. The van der Waals surface area contributed by atoms with Crippen LogP contribution in [0.15, 0.2) is 12.3 Å². The first kappa shape index (κ1) is 53.1. The van der Waals surface area contributed by atoms with E-state index in [9.17, 15) is 14.3 Å². The Morgan fingerprint density at radius 1 is 0.574 bits per heavy atom. The van der Waals surface area contributed by atoms with Crippen LogP contribution >= 0.6 is 7.82 Å². The Balaban J connectivity index is 4.23. The zero-order chi connectivity index (χ0) is 39.9. The highest BCUT2D eigenvalue weighted by atomic mass is 31.2. The normalized spacial score (nSPS) is 13.7. The zero-order valence-corrected chi connectivity index (χ0v) is 37.4. The van der Waals surface area contributed by atoms with Gasteiger partial charge >= 0.3 is 13.8 Å². The summed E-state index contributed by atoms with van der Waals surface area (Å²) in [5.74, 6) is -0.331. The fourth-order valence-corrected chi connectivity index (χ4v) is 7.32. The summed E-state index contributed by atoms with van der Waals surface area (Å²) in [7, 11) is 1.65. The van der Waals surface area contributed by atoms with Gasteiger partial charge in [-0.3, -0.25) is 13.8 Å². The number of carbonyl (C=O) groups is 1. The first-order valence-corrected chi connectivity index (χ1v) is 24.5. The van der Waals surface area contributed by atoms with E-state index in [0.29, 0.717) is 17.4 Å². The van der Waals surface area contributed by atoms with Crippen molar-refractivity contribution in [3.8, 4) is 0 Å². The van der Waals surface area contributed by atoms with Crippen LogP contribution in [0, 0.1) is 0 Å². The molecule has 8 nitrogen and oxygen atoms in total. The monoisotopic (exact) mass is 789 g/mol. The summed E-state index contributed by atoms with van der Waals surface area (Å²) in [6, 6.07) is 0. The second-order valence-electron chi connectivity index (χ2n) is 16.9. The predicted molar refractivity (Wildman–Crippen MR) is 229 cm³/mol. The molecule has 0 heterocycles. The van der Waals surface area contributed by atoms with Crippen LogP contribution in [0.25, 0.3) is 0 Å². The van der Waals surface area contributed by atoms with Gasteiger partial charge in [0.15, 0.2) is 6.10 Å². The van der Waals surface area contributed by atoms with Gasteiger partial charge in [-0.25, -0.2) is 4.57 Å². The molecule has 0 fully saturated rings. The molecule has 2 atom stereocenters. The smallest absolute Gasteiger partial charge is 0.472 e. The van der Waals surface area contributed by atoms with E-state index >= 15 is 0 Å². The fourth-order valence-electron chi connectivity index (χ4n) is 6.58. The Bertz CT molecular complexity index is 879. The fraction of sp³-hybridized carbons (Fsp3) is 0.933. The molecule has 0 aliphatic rings. The molecule has 9 heteroatoms. The maximum atomic E-state index is 12.7. The van der Waals surface area contributed by atoms with E-state index in [-0.39, 0.29) is 25.8 Å². The van der Waals surface area contributed by atoms with E-state index in [1.807, 2.05) is 27.2 Å². The number of esters is 1. The minimum Gasteiger partial charge on any atom is -0.498 e. The lowest BCUT2D eigenvalue weighted by atomic mass is 10.0. The maximum Gasteiger partial charge on any atom is 0.472 e. The molecule has 0 aromatic heterocycles. The third kappa shape index (κ3) is 42.2. The van der Waals surface area contributed by atoms with Crippen LogP contribution in [0.5, 0.6) is 0 Å². The van der Waals surface area contributed by atoms with Crippen LogP contribution in [0.4, 0.5) is 0 Å². The highest BCUT2D eigenvalue weighted by Gasteiger charge is 2.26. The molecule has 0 aliphatic carbocycles. The van der Waals surface area contributed by atoms with Crippen molar-refractivity contribution in [3.63, 3.8) is 0 Å². The van der Waals surface area contributed by atoms with Crippen LogP contribution in [-0.2, 0) is 27.9 Å². The van der Waals surface area contributed by atoms with E-state index < -0.39 is 13.9 Å². The molecule has 54 heavy (non-hydrogen) atoms. The van der Waals surface area contributed by atoms with Crippen molar-refractivity contribution in [1.29, 1.82) is 0 Å². The SMILES string of the molecule is CCCCCCCCCCCCCCCC/C=C\OC[C@H](COP(=O)(O)OCC[N+](C)(C)C)OC(=O)CCCCCCCCCCCCCCCCCC. The Morgan fingerprint density at radius 2 is 0.963 bits per heavy atom. The number of phosphoric ester groups is 1. The van der Waals surface area contributed by atoms with Crippen molar-refractivity contribution >= 4 is 13.8 Å². The van der Waals surface area contributed by atoms with Crippen molar-refractivity contribution in [2.24, 2.45) is 0 Å². The lowest BCUT2D eigenvalue weighted by Crippen LogP contribution is -2.37. The average molecular weight is 789 g/mol. The molecule has 0 saturated heterocycles. The Kier molecular flexibility index (Phi) is 38.3. The minimum absolute atomic E-state index is 0.0544. The largest absolute Gasteiger partial charge is 0.498 e. The van der Waals surface area contributed by atoms with Gasteiger partial charge in [0.25, 0.3) is 0 Å². The molecule has 0 rings (SSSR count). The number of likely N-dealkylation sites (N-methyl/N-ethyl adjacent to an activating group) is 1. The number of rotatable bonds is 43. The second-order valence-corrected chi connectivity index (χ2v) is 18.3. The van der Waals surface area contributed by atoms with E-state index in [0.717, 1.165) is 32.1 Å². The molecule has 322 valence electrons. The molecule has 0 radical (unpaired) electrons. The highest BCUT2D eigenvalue weighted by Crippen LogP contribution is 2.43. The van der Waals surface area contributed by atoms with E-state index in [2.05, 4.69) is 13.8 Å². The number of allylic oxidation sites excluding steroid dienone is 1. The zero-order valence-electron chi connectivity index (χ0n) is 36.5. The standard InChI is InChI=1S/C45H90NO7P/c1-6-8-10-12-14-16-18-20-22-24-26-28-30-32-34-36-38-45(47)53-44(43-52-54(48,49)51-41-39-46(3,4)5)42-50-40-37-35-33-31-29-27-25-23-21-19-17-15-13-11-9-7-2/h37,40,44H,6-36,38-39,41-43H2,1-5H3/p+1/b40-37-/t44-/m1/s1. The van der Waals surface area contributed by atoms with Crippen LogP contribution in [-0.4, -0.2) is 69.0 Å². The third-order valence-electron chi connectivity index (χ3n) is 10.2. The van der Waals surface area contributed by atoms with Gasteiger partial charge in [-0.2, -0.15) is 0 Å². The Hall–Kier alpha value is -0.920. The third-order valence-corrected chi connectivity index (χ3v) is 11.2. The van der Waals surface area contributed by atoms with Crippen LogP contribution < -0.4 is 0 Å². The molecule has 0 spiro atoms. The first-order chi connectivity index (χ1) is 26.1. The van der Waals surface area contributed by atoms with Gasteiger partial charge in [-0.05, 0) is 25.3 Å². The molecule has 0 aromatic carbocycles. The molecule has 0 bridgehead atoms. The summed E-state index contributed by atoms with van der Waals surface area (Å²) >= 11 is 0. The van der Waals surface area contributed by atoms with Crippen molar-refractivity contribution in [2.45, 2.75) is 225 Å². The molecule has 1 N–H and O–H groups in total. The molecular weight excluding hydrogens is 697 g/mol. The Morgan fingerprint density at radius 3 is 1.37 bits per heavy atom. The number of phosphoric acid groups is 1. The number of hydrogen-bond acceptors (Lipinski definition) is 6. The van der Waals surface area contributed by atoms with Crippen molar-refractivity contribution in [3.05, 3.63) is 12.3 Å². The lowest BCUT2D eigenvalue weighted by molar-refractivity contribution is -0.870. The number of ether oxygens (including phenoxy) is 2. The van der Waals surface area contributed by atoms with Gasteiger partial charge in [0.2, 0.25) is 0 Å². The molecule has 0 amide bonds. The van der Waals surface area contributed by atoms with Crippen molar-refractivity contribution in [2.75, 3.05) is 47.5 Å². The number of carbonyl (C=O) groups excluding carboxylic acids is 1. The minimum atomic E-state index is -4.28. The quantitative estimate of drug-likeness (QED) is 0.0216. The van der Waals surface area contributed by atoms with Gasteiger partial charge in [0.05, 0.1) is 34.0 Å². The molecular formula is C45H91NO7P+. The van der Waals surface area contributed by atoms with Crippen LogP contribution in [0.3, 0.4) is 0 Å². The molecule has 0 aromatic rings. The van der Waals surface area contributed by atoms with Gasteiger partial charge in [0, 0.05) is 6.42 Å². The molecule has 0 saturated carbocycles. The van der Waals surface area contributed by atoms with Gasteiger partial charge in [-0.1, -0.05) is 194 Å². The highest BCUT2D eigenvalue weighted by molar-refractivity contribution is 7.47. The van der Waals surface area contributed by atoms with Crippen molar-refractivity contribution < 1.29 is 37.3 Å². The second kappa shape index (κ2) is 38.9. The van der Waals surface area contributed by atoms with Gasteiger partial charge in [-0.15, -0.1) is 0 Å². The van der Waals surface area contributed by atoms with E-state index in [1.54, 1.807) is 6.26 Å². The predicted octanol–water partition coefficient (Wildman–Crippen LogP) is 13.8. The van der Waals surface area contributed by atoms with Gasteiger partial charge < -0.3 is 18.9 Å².